The summed E-state index contributed by atoms with van der Waals surface area (Å²) in [6.45, 7) is 5.52. The van der Waals surface area contributed by atoms with Gasteiger partial charge in [-0.2, -0.15) is 0 Å². The number of carbonyl (C=O) groups is 2. The molecule has 9 nitrogen and oxygen atoms in total. The topological polar surface area (TPSA) is 112 Å². The molecular weight excluding hydrogens is 518 g/mol. The third-order valence-corrected chi connectivity index (χ3v) is 7.97. The predicted octanol–water partition coefficient (Wildman–Crippen LogP) is 3.92. The summed E-state index contributed by atoms with van der Waals surface area (Å²) < 4.78 is 0. The highest BCUT2D eigenvalue weighted by atomic mass is 16.4. The standard InChI is InChI=1S/C32H33N5O4/c1-35-13-15-36(16-14-35)19-25(38)20-37-12-11-22-17-24(8-10-28(22)37)33-30(21-5-3-2-4-6-21)29-26-9-7-23(32(40)41)18-27(26)34-31(29)39/h2-10,17-18,34,39H,11-16,19-20H2,1H3,(H,40,41). The van der Waals surface area contributed by atoms with E-state index in [0.717, 1.165) is 61.6 Å². The summed E-state index contributed by atoms with van der Waals surface area (Å²) in [5.74, 6) is -0.874. The number of carbonyl (C=O) groups excluding carboxylic acids is 1. The fourth-order valence-corrected chi connectivity index (χ4v) is 5.75. The van der Waals surface area contributed by atoms with Crippen molar-refractivity contribution in [3.05, 3.63) is 89.0 Å². The number of hydrogen-bond donors (Lipinski definition) is 3. The number of benzene rings is 3. The molecule has 2 aliphatic rings. The van der Waals surface area contributed by atoms with Crippen molar-refractivity contribution in [1.82, 2.24) is 14.8 Å². The fraction of sp³-hybridized carbons (Fsp3) is 0.281. The number of nitrogens with one attached hydrogen (secondary N) is 1. The second-order valence-corrected chi connectivity index (χ2v) is 10.8. The lowest BCUT2D eigenvalue weighted by molar-refractivity contribution is -0.119. The molecule has 1 fully saturated rings. The van der Waals surface area contributed by atoms with Gasteiger partial charge in [0.2, 0.25) is 0 Å². The van der Waals surface area contributed by atoms with Crippen molar-refractivity contribution < 1.29 is 19.8 Å². The van der Waals surface area contributed by atoms with E-state index in [2.05, 4.69) is 32.8 Å². The molecule has 3 heterocycles. The van der Waals surface area contributed by atoms with Gasteiger partial charge in [-0.05, 0) is 49.4 Å². The first-order valence-corrected chi connectivity index (χ1v) is 13.9. The van der Waals surface area contributed by atoms with E-state index in [0.29, 0.717) is 35.3 Å². The van der Waals surface area contributed by atoms with Gasteiger partial charge in [0.1, 0.15) is 0 Å². The van der Waals surface area contributed by atoms with Gasteiger partial charge in [0.05, 0.1) is 35.6 Å². The average molecular weight is 552 g/mol. The molecule has 3 aromatic carbocycles. The molecule has 210 valence electrons. The number of aliphatic imine (C=N–C) groups is 1. The third kappa shape index (κ3) is 5.59. The molecule has 4 aromatic rings. The van der Waals surface area contributed by atoms with Gasteiger partial charge in [-0.25, -0.2) is 9.79 Å². The van der Waals surface area contributed by atoms with E-state index in [1.807, 2.05) is 42.5 Å². The monoisotopic (exact) mass is 551 g/mol. The van der Waals surface area contributed by atoms with Crippen molar-refractivity contribution >= 4 is 39.7 Å². The van der Waals surface area contributed by atoms with Crippen LogP contribution < -0.4 is 4.90 Å². The minimum atomic E-state index is -1.03. The molecule has 9 heteroatoms. The number of hydrogen-bond acceptors (Lipinski definition) is 7. The maximum absolute atomic E-state index is 12.9. The van der Waals surface area contributed by atoms with Crippen LogP contribution in [0.3, 0.4) is 0 Å². The van der Waals surface area contributed by atoms with E-state index < -0.39 is 5.97 Å². The molecule has 0 unspecified atom stereocenters. The molecular formula is C32H33N5O4. The number of aromatic amines is 1. The zero-order valence-corrected chi connectivity index (χ0v) is 23.0. The van der Waals surface area contributed by atoms with Crippen molar-refractivity contribution in [1.29, 1.82) is 0 Å². The number of ketones is 1. The number of aromatic nitrogens is 1. The van der Waals surface area contributed by atoms with Crippen LogP contribution in [-0.2, 0) is 11.2 Å². The zero-order chi connectivity index (χ0) is 28.5. The number of aromatic hydroxyl groups is 1. The summed E-state index contributed by atoms with van der Waals surface area (Å²) in [6, 6.07) is 20.4. The number of anilines is 1. The smallest absolute Gasteiger partial charge is 0.335 e. The Bertz CT molecular complexity index is 1640. The van der Waals surface area contributed by atoms with Crippen LogP contribution in [0.2, 0.25) is 0 Å². The van der Waals surface area contributed by atoms with Crippen LogP contribution in [0, 0.1) is 0 Å². The maximum atomic E-state index is 12.9. The summed E-state index contributed by atoms with van der Waals surface area (Å²) in [6.07, 6.45) is 0.831. The normalized spacial score (nSPS) is 16.3. The maximum Gasteiger partial charge on any atom is 0.335 e. The Morgan fingerprint density at radius 1 is 0.902 bits per heavy atom. The van der Waals surface area contributed by atoms with Gasteiger partial charge in [0.25, 0.3) is 0 Å². The Morgan fingerprint density at radius 2 is 1.68 bits per heavy atom. The number of H-pyrrole nitrogens is 1. The lowest BCUT2D eigenvalue weighted by atomic mass is 10.00. The molecule has 2 aliphatic heterocycles. The number of rotatable bonds is 8. The molecule has 3 N–H and O–H groups in total. The van der Waals surface area contributed by atoms with Crippen LogP contribution in [0.25, 0.3) is 10.9 Å². The number of likely N-dealkylation sites (N-methyl/N-ethyl adjacent to an activating group) is 1. The molecule has 0 saturated carbocycles. The van der Waals surface area contributed by atoms with Gasteiger partial charge in [-0.15, -0.1) is 0 Å². The molecule has 1 aromatic heterocycles. The van der Waals surface area contributed by atoms with E-state index in [1.54, 1.807) is 6.07 Å². The summed E-state index contributed by atoms with van der Waals surface area (Å²) in [7, 11) is 2.11. The molecule has 6 rings (SSSR count). The van der Waals surface area contributed by atoms with Crippen LogP contribution in [0.4, 0.5) is 11.4 Å². The highest BCUT2D eigenvalue weighted by Gasteiger charge is 2.24. The second kappa shape index (κ2) is 11.2. The Kier molecular flexibility index (Phi) is 7.30. The van der Waals surface area contributed by atoms with Gasteiger partial charge in [0, 0.05) is 54.9 Å². The number of Topliss-reactive ketones (excluding diaryl/α,β-unsaturated/α-hetero) is 1. The van der Waals surface area contributed by atoms with Crippen molar-refractivity contribution in [2.45, 2.75) is 6.42 Å². The summed E-state index contributed by atoms with van der Waals surface area (Å²) in [4.78, 5) is 39.0. The highest BCUT2D eigenvalue weighted by molar-refractivity contribution is 6.22. The SMILES string of the molecule is CN1CCN(CC(=O)CN2CCc3cc(N=C(c4ccccc4)c4c(O)[nH]c5cc(C(=O)O)ccc45)ccc32)CC1. The van der Waals surface area contributed by atoms with E-state index >= 15 is 0 Å². The van der Waals surface area contributed by atoms with Crippen LogP contribution in [0.5, 0.6) is 5.88 Å². The number of carboxylic acid groups (broad SMARTS) is 1. The largest absolute Gasteiger partial charge is 0.494 e. The first-order chi connectivity index (χ1) is 19.9. The minimum absolute atomic E-state index is 0.0728. The van der Waals surface area contributed by atoms with Gasteiger partial charge in [0.15, 0.2) is 11.7 Å². The lowest BCUT2D eigenvalue weighted by Gasteiger charge is -2.32. The van der Waals surface area contributed by atoms with Gasteiger partial charge in [-0.3, -0.25) is 9.69 Å². The first kappa shape index (κ1) is 26.7. The van der Waals surface area contributed by atoms with E-state index in [1.165, 1.54) is 12.1 Å². The van der Waals surface area contributed by atoms with Crippen molar-refractivity contribution in [2.24, 2.45) is 4.99 Å². The van der Waals surface area contributed by atoms with Crippen molar-refractivity contribution in [3.63, 3.8) is 0 Å². The molecule has 1 saturated heterocycles. The predicted molar refractivity (Wildman–Crippen MR) is 160 cm³/mol. The molecule has 0 spiro atoms. The van der Waals surface area contributed by atoms with Gasteiger partial charge >= 0.3 is 5.97 Å². The van der Waals surface area contributed by atoms with Crippen LogP contribution in [-0.4, -0.2) is 95.3 Å². The summed E-state index contributed by atoms with van der Waals surface area (Å²) in [5.41, 5.74) is 5.51. The molecule has 0 radical (unpaired) electrons. The Morgan fingerprint density at radius 3 is 2.44 bits per heavy atom. The molecule has 0 bridgehead atoms. The zero-order valence-electron chi connectivity index (χ0n) is 23.0. The Labute approximate surface area is 238 Å². The quantitative estimate of drug-likeness (QED) is 0.285. The average Bonchev–Trinajstić information content (AvgIpc) is 3.52. The highest BCUT2D eigenvalue weighted by Crippen LogP contribution is 2.35. The molecule has 0 aliphatic carbocycles. The van der Waals surface area contributed by atoms with Crippen LogP contribution in [0.1, 0.15) is 27.0 Å². The number of piperazine rings is 1. The fourth-order valence-electron chi connectivity index (χ4n) is 5.75. The van der Waals surface area contributed by atoms with Crippen molar-refractivity contribution in [3.8, 4) is 5.88 Å². The third-order valence-electron chi connectivity index (χ3n) is 7.97. The Hall–Kier alpha value is -4.47. The number of aromatic carboxylic acids is 1. The van der Waals surface area contributed by atoms with E-state index in [4.69, 9.17) is 4.99 Å². The number of nitrogens with zero attached hydrogens (tertiary/aromatic N) is 4. The minimum Gasteiger partial charge on any atom is -0.494 e. The second-order valence-electron chi connectivity index (χ2n) is 10.8. The number of carboxylic acids is 1. The summed E-state index contributed by atoms with van der Waals surface area (Å²) in [5, 5.41) is 21.0. The van der Waals surface area contributed by atoms with Gasteiger partial charge in [-0.1, -0.05) is 36.4 Å². The molecule has 0 amide bonds. The molecule has 0 atom stereocenters. The lowest BCUT2D eigenvalue weighted by Crippen LogP contribution is -2.47. The van der Waals surface area contributed by atoms with E-state index in [-0.39, 0.29) is 17.2 Å². The van der Waals surface area contributed by atoms with E-state index in [9.17, 15) is 19.8 Å². The Balaban J connectivity index is 1.29. The number of fused-ring (bicyclic) bond motifs is 2. The van der Waals surface area contributed by atoms with Crippen LogP contribution >= 0.6 is 0 Å². The molecule has 41 heavy (non-hydrogen) atoms. The van der Waals surface area contributed by atoms with Crippen LogP contribution in [0.15, 0.2) is 71.7 Å². The van der Waals surface area contributed by atoms with Crippen molar-refractivity contribution in [2.75, 3.05) is 57.8 Å². The summed E-state index contributed by atoms with van der Waals surface area (Å²) >= 11 is 0. The first-order valence-electron chi connectivity index (χ1n) is 13.9. The van der Waals surface area contributed by atoms with Gasteiger partial charge < -0.3 is 25.0 Å².